The monoisotopic (exact) mass is 219 g/mol. The fraction of sp³-hybridized carbons (Fsp3) is 0.462. The fourth-order valence-corrected chi connectivity index (χ4v) is 2.03. The lowest BCUT2D eigenvalue weighted by atomic mass is 10.0. The van der Waals surface area contributed by atoms with Gasteiger partial charge in [-0.2, -0.15) is 0 Å². The van der Waals surface area contributed by atoms with E-state index in [9.17, 15) is 4.79 Å². The maximum atomic E-state index is 11.4. The van der Waals surface area contributed by atoms with E-state index in [0.29, 0.717) is 0 Å². The zero-order chi connectivity index (χ0) is 11.4. The lowest BCUT2D eigenvalue weighted by molar-refractivity contribution is -0.151. The van der Waals surface area contributed by atoms with Crippen molar-refractivity contribution in [2.75, 3.05) is 20.2 Å². The third kappa shape index (κ3) is 2.42. The maximum absolute atomic E-state index is 11.4. The van der Waals surface area contributed by atoms with E-state index in [1.165, 1.54) is 12.7 Å². The van der Waals surface area contributed by atoms with Crippen molar-refractivity contribution in [3.05, 3.63) is 35.9 Å². The molecule has 0 aliphatic carbocycles. The summed E-state index contributed by atoms with van der Waals surface area (Å²) in [5.74, 6) is -0.0979. The molecule has 0 aromatic heterocycles. The van der Waals surface area contributed by atoms with E-state index >= 15 is 0 Å². The number of methoxy groups -OCH3 is 1. The molecule has 2 rings (SSSR count). The molecule has 1 aromatic rings. The third-order valence-corrected chi connectivity index (χ3v) is 3.13. The van der Waals surface area contributed by atoms with Gasteiger partial charge < -0.3 is 4.74 Å². The first-order valence-corrected chi connectivity index (χ1v) is 5.67. The summed E-state index contributed by atoms with van der Waals surface area (Å²) < 4.78 is 4.76. The summed E-state index contributed by atoms with van der Waals surface area (Å²) in [7, 11) is 1.45. The molecule has 3 nitrogen and oxygen atoms in total. The molecule has 0 saturated carbocycles. The smallest absolute Gasteiger partial charge is 0.323 e. The highest BCUT2D eigenvalue weighted by molar-refractivity contribution is 5.76. The number of esters is 1. The molecule has 0 N–H and O–H groups in total. The molecule has 1 saturated heterocycles. The van der Waals surface area contributed by atoms with Crippen molar-refractivity contribution in [3.8, 4) is 0 Å². The lowest BCUT2D eigenvalue weighted by Gasteiger charge is -2.38. The number of carbonyl (C=O) groups is 1. The van der Waals surface area contributed by atoms with Gasteiger partial charge in [-0.25, -0.2) is 0 Å². The van der Waals surface area contributed by atoms with Crippen molar-refractivity contribution >= 4 is 5.97 Å². The van der Waals surface area contributed by atoms with Crippen molar-refractivity contribution in [1.29, 1.82) is 0 Å². The maximum Gasteiger partial charge on any atom is 0.323 e. The predicted molar refractivity (Wildman–Crippen MR) is 62.1 cm³/mol. The SMILES string of the molecule is COC(=O)[C@@H]1CCN1CCc1ccccc1. The molecule has 1 atom stereocenters. The zero-order valence-corrected chi connectivity index (χ0v) is 9.56. The first-order valence-electron chi connectivity index (χ1n) is 5.67. The van der Waals surface area contributed by atoms with Crippen LogP contribution in [0.3, 0.4) is 0 Å². The Morgan fingerprint density at radius 1 is 1.44 bits per heavy atom. The Hall–Kier alpha value is -1.35. The van der Waals surface area contributed by atoms with Crippen LogP contribution in [0.15, 0.2) is 30.3 Å². The highest BCUT2D eigenvalue weighted by Crippen LogP contribution is 2.18. The summed E-state index contributed by atoms with van der Waals surface area (Å²) in [5.41, 5.74) is 1.32. The Labute approximate surface area is 96.0 Å². The summed E-state index contributed by atoms with van der Waals surface area (Å²) in [6, 6.07) is 10.3. The van der Waals surface area contributed by atoms with Crippen LogP contribution in [0.4, 0.5) is 0 Å². The lowest BCUT2D eigenvalue weighted by Crippen LogP contribution is -2.53. The van der Waals surface area contributed by atoms with E-state index in [-0.39, 0.29) is 12.0 Å². The van der Waals surface area contributed by atoms with E-state index in [2.05, 4.69) is 17.0 Å². The second-order valence-electron chi connectivity index (χ2n) is 4.10. The number of nitrogens with zero attached hydrogens (tertiary/aromatic N) is 1. The van der Waals surface area contributed by atoms with E-state index < -0.39 is 0 Å². The average Bonchev–Trinajstić information content (AvgIpc) is 2.29. The number of benzene rings is 1. The molecule has 0 radical (unpaired) electrons. The van der Waals surface area contributed by atoms with Gasteiger partial charge in [0.05, 0.1) is 7.11 Å². The summed E-state index contributed by atoms with van der Waals surface area (Å²) in [4.78, 5) is 13.5. The van der Waals surface area contributed by atoms with Crippen molar-refractivity contribution in [2.45, 2.75) is 18.9 Å². The molecule has 1 fully saturated rings. The molecule has 1 aromatic carbocycles. The summed E-state index contributed by atoms with van der Waals surface area (Å²) in [6.07, 6.45) is 1.93. The summed E-state index contributed by atoms with van der Waals surface area (Å²) in [5, 5.41) is 0. The van der Waals surface area contributed by atoms with Gasteiger partial charge in [0.15, 0.2) is 0 Å². The highest BCUT2D eigenvalue weighted by Gasteiger charge is 2.34. The molecular formula is C13H17NO2. The van der Waals surface area contributed by atoms with Crippen LogP contribution in [0.5, 0.6) is 0 Å². The number of likely N-dealkylation sites (tertiary alicyclic amines) is 1. The van der Waals surface area contributed by atoms with Crippen LogP contribution in [-0.2, 0) is 16.0 Å². The number of carbonyl (C=O) groups excluding carboxylic acids is 1. The molecular weight excluding hydrogens is 202 g/mol. The zero-order valence-electron chi connectivity index (χ0n) is 9.56. The van der Waals surface area contributed by atoms with Gasteiger partial charge in [-0.3, -0.25) is 9.69 Å². The van der Waals surface area contributed by atoms with Crippen LogP contribution in [0, 0.1) is 0 Å². The van der Waals surface area contributed by atoms with Crippen molar-refractivity contribution < 1.29 is 9.53 Å². The Bertz CT molecular complexity index is 350. The van der Waals surface area contributed by atoms with Gasteiger partial charge in [-0.15, -0.1) is 0 Å². The topological polar surface area (TPSA) is 29.5 Å². The van der Waals surface area contributed by atoms with Gasteiger partial charge in [-0.1, -0.05) is 30.3 Å². The quantitative estimate of drug-likeness (QED) is 0.718. The molecule has 86 valence electrons. The van der Waals surface area contributed by atoms with E-state index in [4.69, 9.17) is 4.74 Å². The van der Waals surface area contributed by atoms with Crippen LogP contribution in [-0.4, -0.2) is 37.1 Å². The molecule has 1 heterocycles. The summed E-state index contributed by atoms with van der Waals surface area (Å²) >= 11 is 0. The Morgan fingerprint density at radius 2 is 2.19 bits per heavy atom. The molecule has 1 aliphatic heterocycles. The van der Waals surface area contributed by atoms with Crippen molar-refractivity contribution in [2.24, 2.45) is 0 Å². The largest absolute Gasteiger partial charge is 0.468 e. The normalized spacial score (nSPS) is 20.2. The van der Waals surface area contributed by atoms with E-state index in [1.807, 2.05) is 18.2 Å². The molecule has 0 amide bonds. The number of rotatable bonds is 4. The first-order chi connectivity index (χ1) is 7.81. The second-order valence-corrected chi connectivity index (χ2v) is 4.10. The van der Waals surface area contributed by atoms with Crippen LogP contribution in [0.25, 0.3) is 0 Å². The molecule has 16 heavy (non-hydrogen) atoms. The minimum Gasteiger partial charge on any atom is -0.468 e. The Morgan fingerprint density at radius 3 is 2.75 bits per heavy atom. The van der Waals surface area contributed by atoms with Gasteiger partial charge >= 0.3 is 5.97 Å². The second kappa shape index (κ2) is 5.12. The minimum atomic E-state index is -0.0979. The van der Waals surface area contributed by atoms with Crippen LogP contribution in [0.1, 0.15) is 12.0 Å². The van der Waals surface area contributed by atoms with Crippen LogP contribution >= 0.6 is 0 Å². The number of ether oxygens (including phenoxy) is 1. The highest BCUT2D eigenvalue weighted by atomic mass is 16.5. The Kier molecular flexibility index (Phi) is 3.57. The summed E-state index contributed by atoms with van der Waals surface area (Å²) in [6.45, 7) is 1.94. The third-order valence-electron chi connectivity index (χ3n) is 3.13. The molecule has 0 bridgehead atoms. The molecule has 1 aliphatic rings. The Balaban J connectivity index is 1.81. The van der Waals surface area contributed by atoms with Gasteiger partial charge in [0.1, 0.15) is 6.04 Å². The van der Waals surface area contributed by atoms with Crippen LogP contribution in [0.2, 0.25) is 0 Å². The first kappa shape index (κ1) is 11.1. The van der Waals surface area contributed by atoms with Gasteiger partial charge in [0.25, 0.3) is 0 Å². The van der Waals surface area contributed by atoms with Crippen LogP contribution < -0.4 is 0 Å². The van der Waals surface area contributed by atoms with E-state index in [1.54, 1.807) is 0 Å². The number of hydrogen-bond acceptors (Lipinski definition) is 3. The average molecular weight is 219 g/mol. The van der Waals surface area contributed by atoms with Gasteiger partial charge in [0.2, 0.25) is 0 Å². The van der Waals surface area contributed by atoms with Gasteiger partial charge in [0, 0.05) is 13.1 Å². The van der Waals surface area contributed by atoms with Crippen molar-refractivity contribution in [1.82, 2.24) is 4.90 Å². The van der Waals surface area contributed by atoms with Crippen molar-refractivity contribution in [3.63, 3.8) is 0 Å². The molecule has 0 spiro atoms. The fourth-order valence-electron chi connectivity index (χ4n) is 2.03. The number of hydrogen-bond donors (Lipinski definition) is 0. The predicted octanol–water partition coefficient (Wildman–Crippen LogP) is 1.48. The molecule has 3 heteroatoms. The van der Waals surface area contributed by atoms with Gasteiger partial charge in [-0.05, 0) is 18.4 Å². The molecule has 0 unspecified atom stereocenters. The standard InChI is InChI=1S/C13H17NO2/c1-16-13(15)12-8-10-14(12)9-7-11-5-3-2-4-6-11/h2-6,12H,7-10H2,1H3/t12-/m0/s1. The minimum absolute atomic E-state index is 0.00582. The van der Waals surface area contributed by atoms with E-state index in [0.717, 1.165) is 25.9 Å².